The lowest BCUT2D eigenvalue weighted by Gasteiger charge is -2.10. The molecule has 3 aromatic rings. The summed E-state index contributed by atoms with van der Waals surface area (Å²) in [4.78, 5) is 21.6. The maximum Gasteiger partial charge on any atom is 0.225 e. The fourth-order valence-electron chi connectivity index (χ4n) is 3.84. The summed E-state index contributed by atoms with van der Waals surface area (Å²) in [5.41, 5.74) is 3.26. The number of rotatable bonds is 6. The van der Waals surface area contributed by atoms with Crippen LogP contribution in [0.4, 0.5) is 5.82 Å². The van der Waals surface area contributed by atoms with E-state index in [1.807, 2.05) is 16.9 Å². The lowest BCUT2D eigenvalue weighted by Crippen LogP contribution is -2.15. The molecular weight excluding hydrogens is 368 g/mol. The van der Waals surface area contributed by atoms with Crippen molar-refractivity contribution in [2.75, 3.05) is 5.32 Å². The van der Waals surface area contributed by atoms with E-state index in [1.165, 1.54) is 31.2 Å². The highest BCUT2D eigenvalue weighted by atomic mass is 32.1. The van der Waals surface area contributed by atoms with E-state index in [0.717, 1.165) is 28.6 Å². The van der Waals surface area contributed by atoms with Gasteiger partial charge in [-0.25, -0.2) is 9.97 Å². The molecule has 146 valence electrons. The van der Waals surface area contributed by atoms with Crippen molar-refractivity contribution < 1.29 is 4.79 Å². The fourth-order valence-corrected chi connectivity index (χ4v) is 4.73. The highest BCUT2D eigenvalue weighted by molar-refractivity contribution is 7.12. The predicted octanol–water partition coefficient (Wildman–Crippen LogP) is 5.52. The molecule has 4 rings (SSSR count). The number of benzene rings is 1. The first-order valence-corrected chi connectivity index (χ1v) is 10.9. The maximum absolute atomic E-state index is 12.5. The van der Waals surface area contributed by atoms with Crippen LogP contribution in [0.3, 0.4) is 0 Å². The lowest BCUT2D eigenvalue weighted by atomic mass is 10.0. The molecule has 5 nitrogen and oxygen atoms in total. The van der Waals surface area contributed by atoms with Gasteiger partial charge in [0, 0.05) is 17.4 Å². The zero-order chi connectivity index (χ0) is 19.5. The van der Waals surface area contributed by atoms with Crippen LogP contribution in [0.15, 0.2) is 35.8 Å². The summed E-state index contributed by atoms with van der Waals surface area (Å²) in [7, 11) is 0. The summed E-state index contributed by atoms with van der Waals surface area (Å²) < 4.78 is 1.93. The summed E-state index contributed by atoms with van der Waals surface area (Å²) in [6.45, 7) is 4.01. The number of nitrogens with zero attached hydrogens (tertiary/aromatic N) is 3. The second-order valence-corrected chi connectivity index (χ2v) is 8.48. The number of carbonyl (C=O) groups excluding carboxylic acids is 1. The molecule has 0 atom stereocenters. The van der Waals surface area contributed by atoms with Crippen LogP contribution in [-0.2, 0) is 4.79 Å². The van der Waals surface area contributed by atoms with Gasteiger partial charge < -0.3 is 5.32 Å². The Morgan fingerprint density at radius 2 is 1.96 bits per heavy atom. The summed E-state index contributed by atoms with van der Waals surface area (Å²) in [5, 5.41) is 5.90. The lowest BCUT2D eigenvalue weighted by molar-refractivity contribution is -0.116. The molecule has 1 aromatic carbocycles. The Bertz CT molecular complexity index is 951. The minimum atomic E-state index is 0.0587. The van der Waals surface area contributed by atoms with Crippen LogP contribution in [0, 0.1) is 19.8 Å². The Morgan fingerprint density at radius 3 is 2.71 bits per heavy atom. The van der Waals surface area contributed by atoms with Gasteiger partial charge in [0.05, 0.1) is 11.9 Å². The van der Waals surface area contributed by atoms with E-state index in [0.29, 0.717) is 18.2 Å². The van der Waals surface area contributed by atoms with Gasteiger partial charge >= 0.3 is 0 Å². The minimum Gasteiger partial charge on any atom is -0.310 e. The largest absolute Gasteiger partial charge is 0.310 e. The molecule has 6 heteroatoms. The van der Waals surface area contributed by atoms with Gasteiger partial charge in [0.25, 0.3) is 0 Å². The van der Waals surface area contributed by atoms with Crippen LogP contribution in [-0.4, -0.2) is 20.4 Å². The number of imidazole rings is 1. The van der Waals surface area contributed by atoms with E-state index in [2.05, 4.69) is 41.5 Å². The monoisotopic (exact) mass is 394 g/mol. The van der Waals surface area contributed by atoms with Gasteiger partial charge in [-0.15, -0.1) is 11.3 Å². The number of hydrogen-bond donors (Lipinski definition) is 1. The van der Waals surface area contributed by atoms with E-state index < -0.39 is 0 Å². The quantitative estimate of drug-likeness (QED) is 0.599. The molecule has 1 fully saturated rings. The number of amides is 1. The van der Waals surface area contributed by atoms with E-state index >= 15 is 0 Å². The summed E-state index contributed by atoms with van der Waals surface area (Å²) in [6, 6.07) is 8.35. The molecule has 1 amide bonds. The van der Waals surface area contributed by atoms with Gasteiger partial charge in [-0.1, -0.05) is 55.5 Å². The second kappa shape index (κ2) is 8.27. The van der Waals surface area contributed by atoms with Crippen molar-refractivity contribution in [2.45, 2.75) is 52.4 Å². The van der Waals surface area contributed by atoms with E-state index in [1.54, 1.807) is 17.5 Å². The van der Waals surface area contributed by atoms with Crippen LogP contribution < -0.4 is 5.32 Å². The molecule has 2 heterocycles. The van der Waals surface area contributed by atoms with E-state index in [-0.39, 0.29) is 5.91 Å². The smallest absolute Gasteiger partial charge is 0.225 e. The molecule has 1 aliphatic carbocycles. The number of hydrogen-bond acceptors (Lipinski definition) is 4. The third-order valence-electron chi connectivity index (χ3n) is 5.49. The zero-order valence-corrected chi connectivity index (χ0v) is 17.3. The molecule has 0 aliphatic heterocycles. The number of aromatic nitrogens is 3. The Hall–Kier alpha value is -2.47. The summed E-state index contributed by atoms with van der Waals surface area (Å²) in [5.74, 6) is 2.28. The fraction of sp³-hybridized carbons (Fsp3) is 0.409. The number of nitrogens with one attached hydrogen (secondary N) is 1. The third-order valence-corrected chi connectivity index (χ3v) is 6.32. The van der Waals surface area contributed by atoms with E-state index in [9.17, 15) is 4.79 Å². The Balaban J connectivity index is 1.49. The second-order valence-electron chi connectivity index (χ2n) is 7.64. The first-order valence-electron chi connectivity index (χ1n) is 9.97. The van der Waals surface area contributed by atoms with Gasteiger partial charge in [0.2, 0.25) is 5.91 Å². The van der Waals surface area contributed by atoms with Crippen molar-refractivity contribution in [3.8, 4) is 16.4 Å². The predicted molar refractivity (Wildman–Crippen MR) is 114 cm³/mol. The number of anilines is 1. The standard InChI is InChI=1S/C22H26N4OS/c1-15-7-10-18(11-8-15)19-14-28-22(24-19)26-16(2)23-13-20(26)25-21(27)12-9-17-5-3-4-6-17/h7-8,10-11,13-14,17H,3-6,9,12H2,1-2H3,(H,25,27). The molecule has 0 saturated heterocycles. The van der Waals surface area contributed by atoms with Crippen molar-refractivity contribution in [1.82, 2.24) is 14.5 Å². The van der Waals surface area contributed by atoms with Crippen LogP contribution in [0.2, 0.25) is 0 Å². The van der Waals surface area contributed by atoms with Gasteiger partial charge in [-0.3, -0.25) is 9.36 Å². The van der Waals surface area contributed by atoms with E-state index in [4.69, 9.17) is 4.98 Å². The molecule has 0 spiro atoms. The van der Waals surface area contributed by atoms with Crippen molar-refractivity contribution in [3.63, 3.8) is 0 Å². The molecule has 0 radical (unpaired) electrons. The first kappa shape index (κ1) is 18.9. The van der Waals surface area contributed by atoms with Crippen molar-refractivity contribution in [1.29, 1.82) is 0 Å². The SMILES string of the molecule is Cc1ccc(-c2csc(-n3c(NC(=O)CCC4CCCC4)cnc3C)n2)cc1. The first-order chi connectivity index (χ1) is 13.6. The maximum atomic E-state index is 12.5. The van der Waals surface area contributed by atoms with Crippen LogP contribution >= 0.6 is 11.3 Å². The van der Waals surface area contributed by atoms with Crippen molar-refractivity contribution in [2.24, 2.45) is 5.92 Å². The van der Waals surface area contributed by atoms with Crippen LogP contribution in [0.5, 0.6) is 0 Å². The van der Waals surface area contributed by atoms with Gasteiger partial charge in [0.15, 0.2) is 5.13 Å². The molecule has 0 unspecified atom stereocenters. The van der Waals surface area contributed by atoms with Crippen molar-refractivity contribution in [3.05, 3.63) is 47.2 Å². The highest BCUT2D eigenvalue weighted by Gasteiger charge is 2.18. The topological polar surface area (TPSA) is 59.8 Å². The van der Waals surface area contributed by atoms with Crippen molar-refractivity contribution >= 4 is 23.1 Å². The molecular formula is C22H26N4OS. The number of thiazole rings is 1. The van der Waals surface area contributed by atoms with Crippen LogP contribution in [0.1, 0.15) is 49.9 Å². The van der Waals surface area contributed by atoms with Crippen LogP contribution in [0.25, 0.3) is 16.4 Å². The highest BCUT2D eigenvalue weighted by Crippen LogP contribution is 2.30. The van der Waals surface area contributed by atoms with Gasteiger partial charge in [-0.05, 0) is 26.2 Å². The van der Waals surface area contributed by atoms with Gasteiger partial charge in [-0.2, -0.15) is 0 Å². The summed E-state index contributed by atoms with van der Waals surface area (Å²) in [6.07, 6.45) is 8.43. The molecule has 1 N–H and O–H groups in total. The average molecular weight is 395 g/mol. The molecule has 28 heavy (non-hydrogen) atoms. The molecule has 0 bridgehead atoms. The Morgan fingerprint density at radius 1 is 1.21 bits per heavy atom. The minimum absolute atomic E-state index is 0.0587. The summed E-state index contributed by atoms with van der Waals surface area (Å²) >= 11 is 1.56. The number of aryl methyl sites for hydroxylation is 2. The third kappa shape index (κ3) is 4.17. The molecule has 1 aliphatic rings. The number of carbonyl (C=O) groups is 1. The zero-order valence-electron chi connectivity index (χ0n) is 16.4. The Kier molecular flexibility index (Phi) is 5.57. The normalized spacial score (nSPS) is 14.5. The Labute approximate surface area is 169 Å². The molecule has 2 aromatic heterocycles. The average Bonchev–Trinajstić information content (AvgIpc) is 3.42. The van der Waals surface area contributed by atoms with Gasteiger partial charge in [0.1, 0.15) is 11.6 Å². The molecule has 1 saturated carbocycles.